The molecule has 0 spiro atoms. The summed E-state index contributed by atoms with van der Waals surface area (Å²) in [5.41, 5.74) is 2.14. The zero-order valence-electron chi connectivity index (χ0n) is 15.7. The molecule has 2 atom stereocenters. The van der Waals surface area contributed by atoms with Crippen molar-refractivity contribution in [3.05, 3.63) is 36.3 Å². The summed E-state index contributed by atoms with van der Waals surface area (Å²) in [7, 11) is 5.76. The number of aromatic nitrogens is 2. The van der Waals surface area contributed by atoms with Gasteiger partial charge >= 0.3 is 6.09 Å². The molecule has 7 heteroatoms. The van der Waals surface area contributed by atoms with E-state index in [1.54, 1.807) is 22.9 Å². The number of hydrogen-bond donors (Lipinski definition) is 1. The average molecular weight is 369 g/mol. The van der Waals surface area contributed by atoms with Crippen LogP contribution in [0, 0.1) is 0 Å². The molecule has 1 N–H and O–H groups in total. The smallest absolute Gasteiger partial charge is 0.410 e. The highest BCUT2D eigenvalue weighted by molar-refractivity contribution is 7.99. The van der Waals surface area contributed by atoms with E-state index in [2.05, 4.69) is 16.2 Å². The Morgan fingerprint density at radius 1 is 1.35 bits per heavy atom. The number of thioether (sulfide) groups is 1. The molecule has 1 amide bonds. The van der Waals surface area contributed by atoms with Crippen LogP contribution in [0.15, 0.2) is 30.5 Å². The lowest BCUT2D eigenvalue weighted by molar-refractivity contribution is 0.0219. The Balaban J connectivity index is 1.83. The topological polar surface area (TPSA) is 58.2 Å². The number of carbonyl (C=O) groups is 1. The van der Waals surface area contributed by atoms with E-state index in [9.17, 15) is 4.79 Å². The Morgan fingerprint density at radius 3 is 2.65 bits per heavy atom. The molecule has 1 aromatic heterocycles. The lowest BCUT2D eigenvalue weighted by Crippen LogP contribution is -2.37. The van der Waals surface area contributed by atoms with Gasteiger partial charge in [-0.1, -0.05) is 29.7 Å². The Kier molecular flexibility index (Phi) is 5.37. The van der Waals surface area contributed by atoms with Gasteiger partial charge in [0.25, 0.3) is 0 Å². The van der Waals surface area contributed by atoms with Crippen molar-refractivity contribution in [1.29, 1.82) is 0 Å². The third-order valence-electron chi connectivity index (χ3n) is 4.36. The highest BCUT2D eigenvalue weighted by atomic mass is 32.2. The van der Waals surface area contributed by atoms with Crippen molar-refractivity contribution in [2.75, 3.05) is 12.8 Å². The number of likely N-dealkylation sites (tertiary alicyclic amines) is 1. The first kappa shape index (κ1) is 18.9. The maximum Gasteiger partial charge on any atom is 0.410 e. The fourth-order valence-corrected chi connectivity index (χ4v) is 3.75. The second kappa shape index (κ2) is 7.39. The van der Waals surface area contributed by atoms with E-state index in [0.717, 1.165) is 29.0 Å². The number of benzene rings is 1. The number of aromatic amines is 1. The number of hydrogen-bond acceptors (Lipinski definition) is 4. The van der Waals surface area contributed by atoms with Gasteiger partial charge in [-0.25, -0.2) is 9.78 Å². The molecule has 0 aliphatic carbocycles. The van der Waals surface area contributed by atoms with Gasteiger partial charge in [-0.15, -0.1) is 0 Å². The molecule has 2 radical (unpaired) electrons. The van der Waals surface area contributed by atoms with Crippen LogP contribution in [0.2, 0.25) is 0 Å². The van der Waals surface area contributed by atoms with Crippen LogP contribution in [-0.4, -0.2) is 52.5 Å². The molecule has 1 aliphatic rings. The van der Waals surface area contributed by atoms with Crippen LogP contribution in [0.25, 0.3) is 11.3 Å². The first-order valence-corrected chi connectivity index (χ1v) is 9.99. The molecule has 136 valence electrons. The lowest BCUT2D eigenvalue weighted by atomic mass is 9.95. The number of nitrogens with zero attached hydrogens (tertiary/aromatic N) is 2. The molecular formula is C19H24BN3O2S. The standard InChI is InChI=1S/C19H24BN3O2S/c1-19(2,3)25-18(24)23-11-14(26-4)9-16(23)17-21-10-15(22-17)12-5-7-13(20)8-6-12/h5-8,10,14,16H,9,11H2,1-4H3,(H,21,22)/t14-,16?/m0/s1. The molecule has 0 saturated carbocycles. The number of ether oxygens (including phenoxy) is 1. The van der Waals surface area contributed by atoms with E-state index >= 15 is 0 Å². The Labute approximate surface area is 160 Å². The first-order valence-electron chi connectivity index (χ1n) is 8.70. The van der Waals surface area contributed by atoms with Gasteiger partial charge in [0.2, 0.25) is 0 Å². The number of rotatable bonds is 3. The van der Waals surface area contributed by atoms with Gasteiger partial charge in [-0.05, 0) is 39.0 Å². The van der Waals surface area contributed by atoms with E-state index in [1.807, 2.05) is 45.0 Å². The fourth-order valence-electron chi connectivity index (χ4n) is 3.07. The lowest BCUT2D eigenvalue weighted by Gasteiger charge is -2.27. The van der Waals surface area contributed by atoms with Crippen LogP contribution in [0.3, 0.4) is 0 Å². The van der Waals surface area contributed by atoms with Gasteiger partial charge in [0.15, 0.2) is 0 Å². The maximum atomic E-state index is 12.7. The summed E-state index contributed by atoms with van der Waals surface area (Å²) >= 11 is 1.77. The van der Waals surface area contributed by atoms with Crippen molar-refractivity contribution in [3.8, 4) is 11.3 Å². The van der Waals surface area contributed by atoms with Gasteiger partial charge in [-0.3, -0.25) is 4.90 Å². The van der Waals surface area contributed by atoms with Gasteiger partial charge < -0.3 is 9.72 Å². The van der Waals surface area contributed by atoms with E-state index in [0.29, 0.717) is 11.8 Å². The van der Waals surface area contributed by atoms with Crippen molar-refractivity contribution in [1.82, 2.24) is 14.9 Å². The molecule has 2 heterocycles. The Hall–Kier alpha value is -1.89. The summed E-state index contributed by atoms with van der Waals surface area (Å²) in [6.45, 7) is 6.31. The number of H-pyrrole nitrogens is 1. The number of amides is 1. The second-order valence-electron chi connectivity index (χ2n) is 7.55. The van der Waals surface area contributed by atoms with Crippen LogP contribution in [0.4, 0.5) is 4.79 Å². The van der Waals surface area contributed by atoms with Crippen LogP contribution in [0.1, 0.15) is 39.1 Å². The molecular weight excluding hydrogens is 345 g/mol. The third-order valence-corrected chi connectivity index (χ3v) is 5.37. The first-order chi connectivity index (χ1) is 12.3. The zero-order valence-corrected chi connectivity index (χ0v) is 16.5. The highest BCUT2D eigenvalue weighted by Gasteiger charge is 2.39. The van der Waals surface area contributed by atoms with Crippen LogP contribution in [0.5, 0.6) is 0 Å². The zero-order chi connectivity index (χ0) is 18.9. The molecule has 3 rings (SSSR count). The molecule has 1 aromatic carbocycles. The molecule has 1 saturated heterocycles. The number of carbonyl (C=O) groups excluding carboxylic acids is 1. The fraction of sp³-hybridized carbons (Fsp3) is 0.474. The van der Waals surface area contributed by atoms with Crippen molar-refractivity contribution in [2.24, 2.45) is 0 Å². The Bertz CT molecular complexity index is 770. The molecule has 1 aliphatic heterocycles. The van der Waals surface area contributed by atoms with Gasteiger partial charge in [0, 0.05) is 11.8 Å². The highest BCUT2D eigenvalue weighted by Crippen LogP contribution is 2.37. The summed E-state index contributed by atoms with van der Waals surface area (Å²) in [4.78, 5) is 22.4. The number of nitrogens with one attached hydrogen (secondary N) is 1. The quantitative estimate of drug-likeness (QED) is 0.844. The SMILES string of the molecule is [B]c1ccc(-c2cnc(C3C[C@H](SC)CN3C(=O)OC(C)(C)C)[nH]2)cc1. The van der Waals surface area contributed by atoms with Crippen molar-refractivity contribution >= 4 is 31.2 Å². The van der Waals surface area contributed by atoms with Gasteiger partial charge in [-0.2, -0.15) is 11.8 Å². The number of imidazole rings is 1. The second-order valence-corrected chi connectivity index (χ2v) is 8.68. The van der Waals surface area contributed by atoms with E-state index in [1.165, 1.54) is 0 Å². The summed E-state index contributed by atoms with van der Waals surface area (Å²) in [6.07, 6.45) is 4.45. The van der Waals surface area contributed by atoms with Gasteiger partial charge in [0.1, 0.15) is 19.3 Å². The summed E-state index contributed by atoms with van der Waals surface area (Å²) in [5, 5.41) is 0.373. The minimum atomic E-state index is -0.516. The minimum absolute atomic E-state index is 0.107. The van der Waals surface area contributed by atoms with Crippen molar-refractivity contribution < 1.29 is 9.53 Å². The summed E-state index contributed by atoms with van der Waals surface area (Å²) < 4.78 is 5.59. The maximum absolute atomic E-state index is 12.7. The molecule has 1 unspecified atom stereocenters. The van der Waals surface area contributed by atoms with E-state index in [4.69, 9.17) is 12.6 Å². The Morgan fingerprint density at radius 2 is 2.04 bits per heavy atom. The molecule has 2 aromatic rings. The van der Waals surface area contributed by atoms with Crippen LogP contribution >= 0.6 is 11.8 Å². The molecule has 5 nitrogen and oxygen atoms in total. The van der Waals surface area contributed by atoms with Crippen molar-refractivity contribution in [3.63, 3.8) is 0 Å². The predicted octanol–water partition coefficient (Wildman–Crippen LogP) is 3.28. The summed E-state index contributed by atoms with van der Waals surface area (Å²) in [5.74, 6) is 0.791. The van der Waals surface area contributed by atoms with Crippen LogP contribution < -0.4 is 5.46 Å². The molecule has 1 fully saturated rings. The predicted molar refractivity (Wildman–Crippen MR) is 107 cm³/mol. The monoisotopic (exact) mass is 369 g/mol. The minimum Gasteiger partial charge on any atom is -0.444 e. The van der Waals surface area contributed by atoms with Crippen molar-refractivity contribution in [2.45, 2.75) is 44.1 Å². The molecule has 26 heavy (non-hydrogen) atoms. The van der Waals surface area contributed by atoms with Crippen LogP contribution in [-0.2, 0) is 4.74 Å². The molecule has 0 bridgehead atoms. The van der Waals surface area contributed by atoms with Gasteiger partial charge in [0.05, 0.1) is 17.9 Å². The normalized spacial score (nSPS) is 20.4. The third kappa shape index (κ3) is 4.26. The summed E-state index contributed by atoms with van der Waals surface area (Å²) in [6, 6.07) is 7.53. The van der Waals surface area contributed by atoms with E-state index < -0.39 is 5.60 Å². The average Bonchev–Trinajstić information content (AvgIpc) is 3.20. The largest absolute Gasteiger partial charge is 0.444 e. The van der Waals surface area contributed by atoms with E-state index in [-0.39, 0.29) is 12.1 Å².